The van der Waals surface area contributed by atoms with E-state index in [2.05, 4.69) is 15.9 Å². The Kier molecular flexibility index (Phi) is 3.52. The first kappa shape index (κ1) is 11.5. The molecule has 3 heteroatoms. The third kappa shape index (κ3) is 2.39. The Hall–Kier alpha value is -0.990. The van der Waals surface area contributed by atoms with Gasteiger partial charge in [-0.05, 0) is 33.6 Å². The highest BCUT2D eigenvalue weighted by atomic mass is 79.9. The maximum atomic E-state index is 9.79. The van der Waals surface area contributed by atoms with Crippen LogP contribution in [0.2, 0.25) is 5.02 Å². The van der Waals surface area contributed by atoms with Crippen LogP contribution in [0.1, 0.15) is 11.1 Å². The van der Waals surface area contributed by atoms with Crippen molar-refractivity contribution >= 4 is 27.5 Å². The maximum absolute atomic E-state index is 9.79. The van der Waals surface area contributed by atoms with Crippen molar-refractivity contribution in [2.45, 2.75) is 6.42 Å². The Balaban J connectivity index is 2.38. The quantitative estimate of drug-likeness (QED) is 0.871. The van der Waals surface area contributed by atoms with E-state index in [0.717, 1.165) is 15.6 Å². The summed E-state index contributed by atoms with van der Waals surface area (Å²) in [5.74, 6) is 0.264. The van der Waals surface area contributed by atoms with Gasteiger partial charge in [0, 0.05) is 16.5 Å². The Morgan fingerprint density at radius 3 is 2.44 bits per heavy atom. The number of rotatable bonds is 2. The summed E-state index contributed by atoms with van der Waals surface area (Å²) in [7, 11) is 0. The molecule has 1 N–H and O–H groups in total. The fraction of sp³-hybridized carbons (Fsp3) is 0.0769. The van der Waals surface area contributed by atoms with E-state index in [-0.39, 0.29) is 5.75 Å². The number of phenols is 1. The van der Waals surface area contributed by atoms with Gasteiger partial charge in [-0.15, -0.1) is 0 Å². The molecule has 16 heavy (non-hydrogen) atoms. The molecule has 2 aromatic carbocycles. The van der Waals surface area contributed by atoms with Crippen molar-refractivity contribution in [2.24, 2.45) is 0 Å². The Bertz CT molecular complexity index is 497. The highest BCUT2D eigenvalue weighted by Gasteiger charge is 2.10. The largest absolute Gasteiger partial charge is 0.508 e. The molecule has 0 radical (unpaired) electrons. The van der Waals surface area contributed by atoms with E-state index >= 15 is 0 Å². The minimum atomic E-state index is 0.264. The van der Waals surface area contributed by atoms with Crippen LogP contribution in [-0.4, -0.2) is 5.11 Å². The van der Waals surface area contributed by atoms with Crippen LogP contribution in [0.4, 0.5) is 0 Å². The van der Waals surface area contributed by atoms with Crippen molar-refractivity contribution in [1.82, 2.24) is 0 Å². The van der Waals surface area contributed by atoms with E-state index in [0.29, 0.717) is 11.4 Å². The van der Waals surface area contributed by atoms with Crippen LogP contribution in [0.5, 0.6) is 5.75 Å². The lowest BCUT2D eigenvalue weighted by atomic mass is 10.0. The molecule has 0 aromatic heterocycles. The fourth-order valence-electron chi connectivity index (χ4n) is 1.55. The summed E-state index contributed by atoms with van der Waals surface area (Å²) in [6, 6.07) is 13.3. The Morgan fingerprint density at radius 1 is 1.06 bits per heavy atom. The number of phenolic OH excluding ortho intramolecular Hbond substituents is 1. The van der Waals surface area contributed by atoms with Gasteiger partial charge in [0.2, 0.25) is 0 Å². The highest BCUT2D eigenvalue weighted by Crippen LogP contribution is 2.34. The summed E-state index contributed by atoms with van der Waals surface area (Å²) in [5, 5.41) is 10.4. The number of aromatic hydroxyl groups is 1. The molecule has 0 spiro atoms. The first-order valence-electron chi connectivity index (χ1n) is 4.88. The van der Waals surface area contributed by atoms with E-state index in [1.165, 1.54) is 0 Å². The SMILES string of the molecule is Oc1ccc(Cl)c(Br)c1Cc1ccccc1. The van der Waals surface area contributed by atoms with Gasteiger partial charge in [-0.2, -0.15) is 0 Å². The average molecular weight is 298 g/mol. The van der Waals surface area contributed by atoms with Crippen LogP contribution in [0, 0.1) is 0 Å². The summed E-state index contributed by atoms with van der Waals surface area (Å²) < 4.78 is 0.762. The molecule has 0 fully saturated rings. The van der Waals surface area contributed by atoms with Crippen molar-refractivity contribution in [1.29, 1.82) is 0 Å². The first-order chi connectivity index (χ1) is 7.68. The van der Waals surface area contributed by atoms with Crippen molar-refractivity contribution < 1.29 is 5.11 Å². The van der Waals surface area contributed by atoms with Crippen LogP contribution in [-0.2, 0) is 6.42 Å². The molecule has 0 unspecified atom stereocenters. The van der Waals surface area contributed by atoms with Gasteiger partial charge in [-0.1, -0.05) is 41.9 Å². The lowest BCUT2D eigenvalue weighted by molar-refractivity contribution is 0.469. The molecule has 1 nitrogen and oxygen atoms in total. The third-order valence-electron chi connectivity index (χ3n) is 2.40. The van der Waals surface area contributed by atoms with Gasteiger partial charge < -0.3 is 5.11 Å². The van der Waals surface area contributed by atoms with Gasteiger partial charge in [0.25, 0.3) is 0 Å². The minimum Gasteiger partial charge on any atom is -0.508 e. The Labute approximate surface area is 108 Å². The standard InChI is InChI=1S/C13H10BrClO/c14-13-10(12(16)7-6-11(13)15)8-9-4-2-1-3-5-9/h1-7,16H,8H2. The molecule has 0 heterocycles. The van der Waals surface area contributed by atoms with Crippen LogP contribution in [0.15, 0.2) is 46.9 Å². The van der Waals surface area contributed by atoms with Crippen molar-refractivity contribution in [2.75, 3.05) is 0 Å². The van der Waals surface area contributed by atoms with E-state index in [4.69, 9.17) is 11.6 Å². The molecule has 0 aliphatic rings. The summed E-state index contributed by atoms with van der Waals surface area (Å²) in [6.45, 7) is 0. The molecule has 82 valence electrons. The lowest BCUT2D eigenvalue weighted by Gasteiger charge is -2.08. The third-order valence-corrected chi connectivity index (χ3v) is 3.84. The van der Waals surface area contributed by atoms with E-state index in [1.54, 1.807) is 12.1 Å². The smallest absolute Gasteiger partial charge is 0.120 e. The zero-order valence-corrected chi connectivity index (χ0v) is 10.8. The molecular weight excluding hydrogens is 287 g/mol. The molecule has 0 bridgehead atoms. The normalized spacial score (nSPS) is 10.4. The average Bonchev–Trinajstić information content (AvgIpc) is 2.31. The zero-order valence-electron chi connectivity index (χ0n) is 8.45. The van der Waals surface area contributed by atoms with Crippen molar-refractivity contribution in [3.05, 3.63) is 63.1 Å². The molecule has 0 saturated heterocycles. The van der Waals surface area contributed by atoms with E-state index in [9.17, 15) is 5.11 Å². The van der Waals surface area contributed by atoms with Gasteiger partial charge in [0.1, 0.15) is 5.75 Å². The number of hydrogen-bond donors (Lipinski definition) is 1. The number of benzene rings is 2. The molecule has 0 amide bonds. The van der Waals surface area contributed by atoms with Crippen LogP contribution < -0.4 is 0 Å². The molecule has 0 saturated carbocycles. The van der Waals surface area contributed by atoms with E-state index < -0.39 is 0 Å². The monoisotopic (exact) mass is 296 g/mol. The van der Waals surface area contributed by atoms with Gasteiger partial charge in [0.05, 0.1) is 5.02 Å². The summed E-state index contributed by atoms with van der Waals surface area (Å²) in [6.07, 6.45) is 0.661. The number of halogens is 2. The van der Waals surface area contributed by atoms with Gasteiger partial charge in [-0.25, -0.2) is 0 Å². The van der Waals surface area contributed by atoms with Gasteiger partial charge >= 0.3 is 0 Å². The maximum Gasteiger partial charge on any atom is 0.120 e. The molecule has 0 aliphatic heterocycles. The first-order valence-corrected chi connectivity index (χ1v) is 6.05. The van der Waals surface area contributed by atoms with Crippen LogP contribution in [0.3, 0.4) is 0 Å². The second kappa shape index (κ2) is 4.89. The van der Waals surface area contributed by atoms with E-state index in [1.807, 2.05) is 30.3 Å². The summed E-state index contributed by atoms with van der Waals surface area (Å²) in [5.41, 5.74) is 1.96. The predicted octanol–water partition coefficient (Wildman–Crippen LogP) is 4.40. The van der Waals surface area contributed by atoms with Gasteiger partial charge in [-0.3, -0.25) is 0 Å². The molecular formula is C13H10BrClO. The lowest BCUT2D eigenvalue weighted by Crippen LogP contribution is -1.90. The molecule has 2 aromatic rings. The second-order valence-corrected chi connectivity index (χ2v) is 4.72. The summed E-state index contributed by atoms with van der Waals surface area (Å²) >= 11 is 9.39. The molecule has 2 rings (SSSR count). The van der Waals surface area contributed by atoms with Crippen molar-refractivity contribution in [3.8, 4) is 5.75 Å². The zero-order chi connectivity index (χ0) is 11.5. The van der Waals surface area contributed by atoms with Crippen molar-refractivity contribution in [3.63, 3.8) is 0 Å². The fourth-order valence-corrected chi connectivity index (χ4v) is 2.20. The van der Waals surface area contributed by atoms with Crippen LogP contribution >= 0.6 is 27.5 Å². The highest BCUT2D eigenvalue weighted by molar-refractivity contribution is 9.10. The Morgan fingerprint density at radius 2 is 1.75 bits per heavy atom. The second-order valence-electron chi connectivity index (χ2n) is 3.52. The van der Waals surface area contributed by atoms with Gasteiger partial charge in [0.15, 0.2) is 0 Å². The predicted molar refractivity (Wildman–Crippen MR) is 70.1 cm³/mol. The molecule has 0 atom stereocenters. The number of hydrogen-bond acceptors (Lipinski definition) is 1. The topological polar surface area (TPSA) is 20.2 Å². The molecule has 0 aliphatic carbocycles. The van der Waals surface area contributed by atoms with Crippen LogP contribution in [0.25, 0.3) is 0 Å². The summed E-state index contributed by atoms with van der Waals surface area (Å²) in [4.78, 5) is 0. The minimum absolute atomic E-state index is 0.264.